The number of nitrogens with two attached hydrogens (primary N) is 1. The molecule has 0 radical (unpaired) electrons. The van der Waals surface area contributed by atoms with Gasteiger partial charge in [-0.2, -0.15) is 0 Å². The normalized spacial score (nSPS) is 8.87. The molecule has 1 aromatic heterocycles. The lowest BCUT2D eigenvalue weighted by Crippen LogP contribution is -2.22. The van der Waals surface area contributed by atoms with Crippen LogP contribution in [-0.4, -0.2) is 29.9 Å². The number of amides is 1. The summed E-state index contributed by atoms with van der Waals surface area (Å²) < 4.78 is 0. The van der Waals surface area contributed by atoms with Crippen LogP contribution in [0.15, 0.2) is 12.1 Å². The number of aromatic nitrogens is 1. The van der Waals surface area contributed by atoms with Crippen LogP contribution in [0.2, 0.25) is 0 Å². The highest BCUT2D eigenvalue weighted by molar-refractivity contribution is 5.94. The van der Waals surface area contributed by atoms with Gasteiger partial charge in [0.15, 0.2) is 0 Å². The third-order valence-electron chi connectivity index (χ3n) is 1.63. The Balaban J connectivity index is 0.000000921. The Bertz CT molecular complexity index is 314. The molecule has 0 aromatic carbocycles. The third kappa shape index (κ3) is 3.97. The van der Waals surface area contributed by atoms with E-state index in [0.29, 0.717) is 11.4 Å². The standard InChI is InChI=1S/C9H13N3O.C2H6/c1-6-4-7(5-8(10)11-6)9(13)12(2)3;1-2/h4-5H,1-3H3,(H2,10,11);1-2H3. The molecule has 0 saturated carbocycles. The molecule has 0 aliphatic rings. The van der Waals surface area contributed by atoms with Gasteiger partial charge in [0, 0.05) is 25.4 Å². The maximum absolute atomic E-state index is 11.5. The molecule has 0 fully saturated rings. The van der Waals surface area contributed by atoms with Gasteiger partial charge in [0.25, 0.3) is 5.91 Å². The number of nitrogen functional groups attached to an aromatic ring is 1. The van der Waals surface area contributed by atoms with Gasteiger partial charge in [-0.25, -0.2) is 4.98 Å². The molecule has 15 heavy (non-hydrogen) atoms. The minimum Gasteiger partial charge on any atom is -0.384 e. The van der Waals surface area contributed by atoms with E-state index in [1.165, 1.54) is 4.90 Å². The SMILES string of the molecule is CC.Cc1cc(C(=O)N(C)C)cc(N)n1. The molecule has 84 valence electrons. The van der Waals surface area contributed by atoms with E-state index in [4.69, 9.17) is 5.73 Å². The first-order valence-electron chi connectivity index (χ1n) is 4.96. The summed E-state index contributed by atoms with van der Waals surface area (Å²) in [5.74, 6) is 0.322. The molecule has 1 rings (SSSR count). The van der Waals surface area contributed by atoms with E-state index in [2.05, 4.69) is 4.98 Å². The topological polar surface area (TPSA) is 59.2 Å². The Hall–Kier alpha value is -1.58. The summed E-state index contributed by atoms with van der Waals surface area (Å²) in [6, 6.07) is 3.30. The van der Waals surface area contributed by atoms with Crippen molar-refractivity contribution in [2.24, 2.45) is 0 Å². The van der Waals surface area contributed by atoms with Crippen LogP contribution in [0.1, 0.15) is 29.9 Å². The number of anilines is 1. The summed E-state index contributed by atoms with van der Waals surface area (Å²) in [5.41, 5.74) is 6.85. The van der Waals surface area contributed by atoms with E-state index in [1.54, 1.807) is 26.2 Å². The zero-order chi connectivity index (χ0) is 12.0. The summed E-state index contributed by atoms with van der Waals surface area (Å²) in [6.45, 7) is 5.81. The number of rotatable bonds is 1. The molecule has 0 spiro atoms. The number of aryl methyl sites for hydroxylation is 1. The second-order valence-corrected chi connectivity index (χ2v) is 3.12. The smallest absolute Gasteiger partial charge is 0.253 e. The number of carbonyl (C=O) groups is 1. The van der Waals surface area contributed by atoms with E-state index in [1.807, 2.05) is 20.8 Å². The molecule has 4 nitrogen and oxygen atoms in total. The minimum absolute atomic E-state index is 0.0581. The number of pyridine rings is 1. The van der Waals surface area contributed by atoms with Crippen molar-refractivity contribution in [2.45, 2.75) is 20.8 Å². The minimum atomic E-state index is -0.0581. The molecule has 1 amide bonds. The van der Waals surface area contributed by atoms with Crippen molar-refractivity contribution in [1.29, 1.82) is 0 Å². The molecule has 0 atom stereocenters. The van der Waals surface area contributed by atoms with E-state index in [9.17, 15) is 4.79 Å². The average Bonchev–Trinajstić information content (AvgIpc) is 2.18. The highest BCUT2D eigenvalue weighted by Crippen LogP contribution is 2.08. The van der Waals surface area contributed by atoms with Crippen LogP contribution in [0.5, 0.6) is 0 Å². The second-order valence-electron chi connectivity index (χ2n) is 3.12. The summed E-state index contributed by atoms with van der Waals surface area (Å²) in [5, 5.41) is 0. The number of hydrogen-bond acceptors (Lipinski definition) is 3. The van der Waals surface area contributed by atoms with E-state index < -0.39 is 0 Å². The van der Waals surface area contributed by atoms with Crippen LogP contribution in [-0.2, 0) is 0 Å². The maximum Gasteiger partial charge on any atom is 0.253 e. The number of carbonyl (C=O) groups excluding carboxylic acids is 1. The van der Waals surface area contributed by atoms with Crippen LogP contribution in [0.3, 0.4) is 0 Å². The van der Waals surface area contributed by atoms with Crippen LogP contribution >= 0.6 is 0 Å². The van der Waals surface area contributed by atoms with Crippen molar-refractivity contribution < 1.29 is 4.79 Å². The molecular weight excluding hydrogens is 190 g/mol. The highest BCUT2D eigenvalue weighted by atomic mass is 16.2. The second kappa shape index (κ2) is 6.01. The lowest BCUT2D eigenvalue weighted by molar-refractivity contribution is 0.0827. The molecule has 1 heterocycles. The van der Waals surface area contributed by atoms with Gasteiger partial charge >= 0.3 is 0 Å². The summed E-state index contributed by atoms with van der Waals surface area (Å²) in [6.07, 6.45) is 0. The molecular formula is C11H19N3O. The molecule has 0 aliphatic heterocycles. The van der Waals surface area contributed by atoms with Crippen LogP contribution in [0, 0.1) is 6.92 Å². The predicted molar refractivity (Wildman–Crippen MR) is 62.8 cm³/mol. The molecule has 1 aromatic rings. The Morgan fingerprint density at radius 1 is 1.33 bits per heavy atom. The third-order valence-corrected chi connectivity index (χ3v) is 1.63. The maximum atomic E-state index is 11.5. The lowest BCUT2D eigenvalue weighted by Gasteiger charge is -2.10. The van der Waals surface area contributed by atoms with Crippen molar-refractivity contribution in [3.8, 4) is 0 Å². The molecule has 0 unspecified atom stereocenters. The fourth-order valence-electron chi connectivity index (χ4n) is 1.08. The quantitative estimate of drug-likeness (QED) is 0.765. The lowest BCUT2D eigenvalue weighted by atomic mass is 10.2. The predicted octanol–water partition coefficient (Wildman–Crippen LogP) is 1.70. The van der Waals surface area contributed by atoms with Gasteiger partial charge in [-0.3, -0.25) is 4.79 Å². The van der Waals surface area contributed by atoms with E-state index >= 15 is 0 Å². The Labute approximate surface area is 91.1 Å². The van der Waals surface area contributed by atoms with Crippen LogP contribution in [0.4, 0.5) is 5.82 Å². The van der Waals surface area contributed by atoms with Gasteiger partial charge in [-0.1, -0.05) is 13.8 Å². The first-order chi connectivity index (χ1) is 7.00. The van der Waals surface area contributed by atoms with Crippen molar-refractivity contribution >= 4 is 11.7 Å². The van der Waals surface area contributed by atoms with Gasteiger partial charge in [-0.05, 0) is 19.1 Å². The van der Waals surface area contributed by atoms with Crippen molar-refractivity contribution in [2.75, 3.05) is 19.8 Å². The van der Waals surface area contributed by atoms with Gasteiger partial charge < -0.3 is 10.6 Å². The van der Waals surface area contributed by atoms with E-state index in [-0.39, 0.29) is 5.91 Å². The number of nitrogens with zero attached hydrogens (tertiary/aromatic N) is 2. The summed E-state index contributed by atoms with van der Waals surface area (Å²) >= 11 is 0. The first kappa shape index (κ1) is 13.4. The van der Waals surface area contributed by atoms with Crippen LogP contribution in [0.25, 0.3) is 0 Å². The monoisotopic (exact) mass is 209 g/mol. The Morgan fingerprint density at radius 3 is 2.27 bits per heavy atom. The summed E-state index contributed by atoms with van der Waals surface area (Å²) in [4.78, 5) is 17.0. The Morgan fingerprint density at radius 2 is 1.87 bits per heavy atom. The van der Waals surface area contributed by atoms with Gasteiger partial charge in [0.2, 0.25) is 0 Å². The number of hydrogen-bond donors (Lipinski definition) is 1. The fraction of sp³-hybridized carbons (Fsp3) is 0.455. The molecule has 0 saturated heterocycles. The average molecular weight is 209 g/mol. The van der Waals surface area contributed by atoms with Gasteiger partial charge in [0.1, 0.15) is 5.82 Å². The molecule has 2 N–H and O–H groups in total. The fourth-order valence-corrected chi connectivity index (χ4v) is 1.08. The Kier molecular flexibility index (Phi) is 5.37. The van der Waals surface area contributed by atoms with Gasteiger partial charge in [0.05, 0.1) is 0 Å². The van der Waals surface area contributed by atoms with Crippen molar-refractivity contribution in [1.82, 2.24) is 9.88 Å². The van der Waals surface area contributed by atoms with Crippen LogP contribution < -0.4 is 5.73 Å². The van der Waals surface area contributed by atoms with Crippen molar-refractivity contribution in [3.05, 3.63) is 23.4 Å². The molecule has 4 heteroatoms. The van der Waals surface area contributed by atoms with Gasteiger partial charge in [-0.15, -0.1) is 0 Å². The zero-order valence-electron chi connectivity index (χ0n) is 10.0. The van der Waals surface area contributed by atoms with Crippen molar-refractivity contribution in [3.63, 3.8) is 0 Å². The summed E-state index contributed by atoms with van der Waals surface area (Å²) in [7, 11) is 3.41. The molecule has 0 aliphatic carbocycles. The molecule has 0 bridgehead atoms. The van der Waals surface area contributed by atoms with E-state index in [0.717, 1.165) is 5.69 Å². The largest absolute Gasteiger partial charge is 0.384 e. The zero-order valence-corrected chi connectivity index (χ0v) is 10.0. The highest BCUT2D eigenvalue weighted by Gasteiger charge is 2.08. The first-order valence-corrected chi connectivity index (χ1v) is 4.96.